The molecule has 0 aliphatic carbocycles. The number of hydrazine groups is 1. The van der Waals surface area contributed by atoms with Crippen LogP contribution in [0.15, 0.2) is 40.6 Å². The fourth-order valence-electron chi connectivity index (χ4n) is 2.22. The van der Waals surface area contributed by atoms with Crippen LogP contribution in [-0.4, -0.2) is 17.7 Å². The first-order chi connectivity index (χ1) is 9.45. The summed E-state index contributed by atoms with van der Waals surface area (Å²) in [5.74, 6) is -0.357. The lowest BCUT2D eigenvalue weighted by atomic mass is 10.1. The van der Waals surface area contributed by atoms with Gasteiger partial charge in [0.05, 0.1) is 10.7 Å². The average Bonchev–Trinajstić information content (AvgIpc) is 2.71. The summed E-state index contributed by atoms with van der Waals surface area (Å²) in [6, 6.07) is 6.01. The topological polar surface area (TPSA) is 67.3 Å². The van der Waals surface area contributed by atoms with E-state index in [1.165, 1.54) is 12.1 Å². The smallest absolute Gasteiger partial charge is 0.123 e. The van der Waals surface area contributed by atoms with Crippen LogP contribution in [0.4, 0.5) is 4.39 Å². The van der Waals surface area contributed by atoms with E-state index in [2.05, 4.69) is 5.43 Å². The van der Waals surface area contributed by atoms with Crippen molar-refractivity contribution in [2.75, 3.05) is 6.54 Å². The fourth-order valence-corrected chi connectivity index (χ4v) is 2.58. The molecule has 1 unspecified atom stereocenters. The normalized spacial score (nSPS) is 20.9. The first-order valence-corrected chi connectivity index (χ1v) is 6.74. The molecule has 1 atom stereocenters. The summed E-state index contributed by atoms with van der Waals surface area (Å²) < 4.78 is 13.3. The molecule has 0 amide bonds. The third-order valence-electron chi connectivity index (χ3n) is 3.30. The van der Waals surface area contributed by atoms with Gasteiger partial charge in [-0.15, -0.1) is 0 Å². The number of nitrogens with one attached hydrogen (secondary N) is 1. The van der Waals surface area contributed by atoms with Crippen molar-refractivity contribution in [3.8, 4) is 0 Å². The lowest BCUT2D eigenvalue weighted by Gasteiger charge is -2.21. The zero-order valence-corrected chi connectivity index (χ0v) is 12.2. The van der Waals surface area contributed by atoms with Gasteiger partial charge in [0, 0.05) is 23.4 Å². The number of benzene rings is 1. The van der Waals surface area contributed by atoms with Crippen molar-refractivity contribution >= 4 is 17.3 Å². The van der Waals surface area contributed by atoms with Crippen molar-refractivity contribution in [1.82, 2.24) is 10.4 Å². The monoisotopic (exact) mass is 296 g/mol. The van der Waals surface area contributed by atoms with Crippen LogP contribution in [0, 0.1) is 5.82 Å². The number of rotatable bonds is 3. The van der Waals surface area contributed by atoms with Gasteiger partial charge in [-0.1, -0.05) is 30.7 Å². The molecule has 5 N–H and O–H groups in total. The van der Waals surface area contributed by atoms with Crippen LogP contribution in [-0.2, 0) is 0 Å². The van der Waals surface area contributed by atoms with Gasteiger partial charge in [-0.2, -0.15) is 0 Å². The Kier molecular flexibility index (Phi) is 4.32. The Bertz CT molecular complexity index is 582. The number of hydrogen-bond donors (Lipinski definition) is 3. The largest absolute Gasteiger partial charge is 0.397 e. The molecule has 108 valence electrons. The minimum absolute atomic E-state index is 0.315. The van der Waals surface area contributed by atoms with Crippen molar-refractivity contribution in [2.45, 2.75) is 20.0 Å². The van der Waals surface area contributed by atoms with Crippen molar-refractivity contribution in [1.29, 1.82) is 0 Å². The lowest BCUT2D eigenvalue weighted by molar-refractivity contribution is 0.207. The molecular weight excluding hydrogens is 279 g/mol. The first-order valence-electron chi connectivity index (χ1n) is 6.37. The van der Waals surface area contributed by atoms with E-state index in [-0.39, 0.29) is 12.0 Å². The summed E-state index contributed by atoms with van der Waals surface area (Å²) in [7, 11) is 0. The fraction of sp³-hybridized carbons (Fsp3) is 0.286. The van der Waals surface area contributed by atoms with Crippen LogP contribution in [0.2, 0.25) is 0 Å². The van der Waals surface area contributed by atoms with Crippen LogP contribution < -0.4 is 16.9 Å². The van der Waals surface area contributed by atoms with E-state index in [0.717, 1.165) is 17.8 Å². The predicted octanol–water partition coefficient (Wildman–Crippen LogP) is 2.09. The van der Waals surface area contributed by atoms with E-state index in [4.69, 9.17) is 23.1 Å². The Morgan fingerprint density at radius 2 is 2.20 bits per heavy atom. The molecule has 2 rings (SSSR count). The zero-order chi connectivity index (χ0) is 14.9. The molecule has 1 aliphatic rings. The van der Waals surface area contributed by atoms with Gasteiger partial charge >= 0.3 is 0 Å². The number of hydrogen-bond acceptors (Lipinski definition) is 4. The second kappa shape index (κ2) is 5.83. The zero-order valence-electron chi connectivity index (χ0n) is 11.5. The Morgan fingerprint density at radius 1 is 1.50 bits per heavy atom. The molecule has 20 heavy (non-hydrogen) atoms. The number of halogens is 2. The van der Waals surface area contributed by atoms with Crippen LogP contribution in [0.5, 0.6) is 0 Å². The number of nitrogens with zero attached hydrogens (tertiary/aromatic N) is 1. The minimum Gasteiger partial charge on any atom is -0.397 e. The van der Waals surface area contributed by atoms with Gasteiger partial charge in [0.15, 0.2) is 0 Å². The van der Waals surface area contributed by atoms with Crippen molar-refractivity contribution < 1.29 is 4.39 Å². The highest BCUT2D eigenvalue weighted by atomic mass is 35.5. The van der Waals surface area contributed by atoms with Crippen LogP contribution in [0.25, 0.3) is 5.70 Å². The second-order valence-corrected chi connectivity index (χ2v) is 5.00. The molecule has 0 bridgehead atoms. The Labute approximate surface area is 122 Å². The SMILES string of the molecule is CCN1NC(C)=C(/C(Cl)=C(\N)c2cccc(F)c2)C1N. The third-order valence-corrected chi connectivity index (χ3v) is 3.70. The highest BCUT2D eigenvalue weighted by molar-refractivity contribution is 6.35. The van der Waals surface area contributed by atoms with Gasteiger partial charge in [0.25, 0.3) is 0 Å². The van der Waals surface area contributed by atoms with E-state index in [0.29, 0.717) is 16.3 Å². The Morgan fingerprint density at radius 3 is 2.75 bits per heavy atom. The Hall–Kier alpha value is -1.56. The van der Waals surface area contributed by atoms with E-state index < -0.39 is 0 Å². The summed E-state index contributed by atoms with van der Waals surface area (Å²) in [5, 5.41) is 2.20. The molecule has 1 heterocycles. The third kappa shape index (κ3) is 2.65. The number of allylic oxidation sites excluding steroid dienone is 1. The van der Waals surface area contributed by atoms with Gasteiger partial charge in [-0.25, -0.2) is 9.40 Å². The van der Waals surface area contributed by atoms with E-state index in [1.54, 1.807) is 12.1 Å². The molecule has 0 spiro atoms. The van der Waals surface area contributed by atoms with Crippen LogP contribution >= 0.6 is 11.6 Å². The second-order valence-electron chi connectivity index (χ2n) is 4.62. The molecule has 0 saturated carbocycles. The van der Waals surface area contributed by atoms with E-state index in [9.17, 15) is 4.39 Å². The van der Waals surface area contributed by atoms with E-state index >= 15 is 0 Å². The highest BCUT2D eigenvalue weighted by Crippen LogP contribution is 2.30. The summed E-state index contributed by atoms with van der Waals surface area (Å²) in [6.45, 7) is 4.59. The van der Waals surface area contributed by atoms with Gasteiger partial charge in [0.2, 0.25) is 0 Å². The summed E-state index contributed by atoms with van der Waals surface area (Å²) in [5.41, 5.74) is 17.8. The van der Waals surface area contributed by atoms with Gasteiger partial charge < -0.3 is 16.9 Å². The molecule has 1 aromatic carbocycles. The summed E-state index contributed by atoms with van der Waals surface area (Å²) in [4.78, 5) is 0. The maximum Gasteiger partial charge on any atom is 0.123 e. The molecule has 1 aliphatic heterocycles. The van der Waals surface area contributed by atoms with Gasteiger partial charge in [-0.3, -0.25) is 0 Å². The molecule has 0 fully saturated rings. The standard InChI is InChI=1S/C14H18ClFN4/c1-3-20-14(18)11(8(2)19-20)12(15)13(17)9-5-4-6-10(16)7-9/h4-7,14,19H,3,17-18H2,1-2H3/b13-12+. The Balaban J connectivity index is 2.41. The quantitative estimate of drug-likeness (QED) is 0.799. The van der Waals surface area contributed by atoms with Crippen LogP contribution in [0.3, 0.4) is 0 Å². The summed E-state index contributed by atoms with van der Waals surface area (Å²) >= 11 is 6.36. The van der Waals surface area contributed by atoms with Crippen molar-refractivity contribution in [3.63, 3.8) is 0 Å². The molecule has 4 nitrogen and oxygen atoms in total. The van der Waals surface area contributed by atoms with E-state index in [1.807, 2.05) is 18.9 Å². The van der Waals surface area contributed by atoms with Crippen molar-refractivity contribution in [3.05, 3.63) is 51.9 Å². The van der Waals surface area contributed by atoms with Gasteiger partial charge in [-0.05, 0) is 19.1 Å². The molecule has 0 saturated heterocycles. The summed E-state index contributed by atoms with van der Waals surface area (Å²) in [6.07, 6.45) is -0.375. The molecule has 0 radical (unpaired) electrons. The highest BCUT2D eigenvalue weighted by Gasteiger charge is 2.29. The molecule has 6 heteroatoms. The maximum atomic E-state index is 13.3. The lowest BCUT2D eigenvalue weighted by Crippen LogP contribution is -2.44. The molecule has 1 aromatic rings. The van der Waals surface area contributed by atoms with Crippen molar-refractivity contribution in [2.24, 2.45) is 11.5 Å². The molecular formula is C14H18ClFN4. The minimum atomic E-state index is -0.375. The predicted molar refractivity (Wildman–Crippen MR) is 79.6 cm³/mol. The first kappa shape index (κ1) is 14.8. The maximum absolute atomic E-state index is 13.3. The number of nitrogens with two attached hydrogens (primary N) is 2. The molecule has 0 aromatic heterocycles. The number of likely N-dealkylation sites (N-methyl/N-ethyl adjacent to an activating group) is 1. The van der Waals surface area contributed by atoms with Gasteiger partial charge in [0.1, 0.15) is 12.0 Å². The van der Waals surface area contributed by atoms with Crippen LogP contribution in [0.1, 0.15) is 19.4 Å². The average molecular weight is 297 g/mol.